The summed E-state index contributed by atoms with van der Waals surface area (Å²) in [4.78, 5) is 2.74. The van der Waals surface area contributed by atoms with Crippen molar-refractivity contribution in [1.82, 2.24) is 4.90 Å². The minimum absolute atomic E-state index is 0.499. The zero-order valence-electron chi connectivity index (χ0n) is 11.7. The summed E-state index contributed by atoms with van der Waals surface area (Å²) in [5.41, 5.74) is 7.52. The molecule has 1 aliphatic heterocycles. The molecule has 0 spiro atoms. The van der Waals surface area contributed by atoms with Crippen molar-refractivity contribution in [3.63, 3.8) is 0 Å². The molecule has 0 radical (unpaired) electrons. The molecule has 1 aliphatic carbocycles. The van der Waals surface area contributed by atoms with E-state index >= 15 is 0 Å². The highest BCUT2D eigenvalue weighted by molar-refractivity contribution is 9.13. The normalized spacial score (nSPS) is 28.4. The number of hydrogen-bond donors (Lipinski definition) is 1. The molecular weight excluding hydrogens is 380 g/mol. The predicted octanol–water partition coefficient (Wildman–Crippen LogP) is 4.48. The summed E-state index contributed by atoms with van der Waals surface area (Å²) in [5, 5.41) is 0. The quantitative estimate of drug-likeness (QED) is 0.809. The lowest BCUT2D eigenvalue weighted by Crippen LogP contribution is -2.37. The highest BCUT2D eigenvalue weighted by Gasteiger charge is 2.38. The zero-order valence-corrected chi connectivity index (χ0v) is 14.9. The van der Waals surface area contributed by atoms with E-state index in [1.54, 1.807) is 0 Å². The number of nitrogens with zero attached hydrogens (tertiary/aromatic N) is 1. The second-order valence-electron chi connectivity index (χ2n) is 6.08. The molecule has 2 nitrogen and oxygen atoms in total. The molecule has 2 fully saturated rings. The molecule has 1 saturated carbocycles. The third-order valence-electron chi connectivity index (χ3n) is 4.65. The Morgan fingerprint density at radius 1 is 1.10 bits per heavy atom. The van der Waals surface area contributed by atoms with Crippen molar-refractivity contribution in [2.24, 2.45) is 11.7 Å². The van der Waals surface area contributed by atoms with Gasteiger partial charge in [-0.15, -0.1) is 0 Å². The van der Waals surface area contributed by atoms with Crippen molar-refractivity contribution < 1.29 is 0 Å². The molecule has 4 heteroatoms. The van der Waals surface area contributed by atoms with Crippen molar-refractivity contribution in [3.05, 3.63) is 32.7 Å². The van der Waals surface area contributed by atoms with Crippen LogP contribution in [0.25, 0.3) is 0 Å². The number of benzene rings is 1. The Morgan fingerprint density at radius 2 is 1.90 bits per heavy atom. The Morgan fingerprint density at radius 3 is 2.55 bits per heavy atom. The highest BCUT2D eigenvalue weighted by Crippen LogP contribution is 2.42. The topological polar surface area (TPSA) is 29.3 Å². The van der Waals surface area contributed by atoms with E-state index in [0.29, 0.717) is 12.0 Å². The molecule has 0 bridgehead atoms. The Bertz CT molecular complexity index is 474. The summed E-state index contributed by atoms with van der Waals surface area (Å²) in [5.74, 6) is 0.589. The first-order chi connectivity index (χ1) is 9.70. The van der Waals surface area contributed by atoms with E-state index in [9.17, 15) is 0 Å². The molecule has 110 valence electrons. The van der Waals surface area contributed by atoms with Gasteiger partial charge < -0.3 is 5.73 Å². The second kappa shape index (κ2) is 6.47. The van der Waals surface area contributed by atoms with Crippen LogP contribution in [0.1, 0.15) is 43.7 Å². The SMILES string of the molecule is NCC1CCCCN(C2CC2)C1c1ccc(Br)c(Br)c1. The van der Waals surface area contributed by atoms with E-state index in [1.807, 2.05) is 0 Å². The van der Waals surface area contributed by atoms with Crippen LogP contribution >= 0.6 is 31.9 Å². The molecule has 2 aliphatic rings. The third kappa shape index (κ3) is 3.13. The summed E-state index contributed by atoms with van der Waals surface area (Å²) in [6, 6.07) is 8.00. The molecule has 2 atom stereocenters. The molecule has 1 aromatic rings. The van der Waals surface area contributed by atoms with Gasteiger partial charge in [0.2, 0.25) is 0 Å². The molecule has 1 aromatic carbocycles. The molecule has 1 saturated heterocycles. The van der Waals surface area contributed by atoms with E-state index in [2.05, 4.69) is 55.0 Å². The van der Waals surface area contributed by atoms with Gasteiger partial charge in [-0.25, -0.2) is 0 Å². The minimum atomic E-state index is 0.499. The van der Waals surface area contributed by atoms with E-state index in [4.69, 9.17) is 5.73 Å². The average molecular weight is 402 g/mol. The maximum atomic E-state index is 6.10. The van der Waals surface area contributed by atoms with Gasteiger partial charge in [-0.05, 0) is 94.2 Å². The van der Waals surface area contributed by atoms with Gasteiger partial charge in [0, 0.05) is 21.0 Å². The van der Waals surface area contributed by atoms with Crippen LogP contribution in [0.4, 0.5) is 0 Å². The largest absolute Gasteiger partial charge is 0.330 e. The van der Waals surface area contributed by atoms with E-state index in [0.717, 1.165) is 21.5 Å². The average Bonchev–Trinajstić information content (AvgIpc) is 3.26. The van der Waals surface area contributed by atoms with Gasteiger partial charge in [0.15, 0.2) is 0 Å². The fourth-order valence-electron chi connectivity index (χ4n) is 3.49. The third-order valence-corrected chi connectivity index (χ3v) is 6.53. The first kappa shape index (κ1) is 15.0. The first-order valence-electron chi connectivity index (χ1n) is 7.61. The van der Waals surface area contributed by atoms with Crippen LogP contribution in [0.2, 0.25) is 0 Å². The monoisotopic (exact) mass is 400 g/mol. The van der Waals surface area contributed by atoms with Crippen molar-refractivity contribution in [3.8, 4) is 0 Å². The van der Waals surface area contributed by atoms with Crippen molar-refractivity contribution in [1.29, 1.82) is 0 Å². The highest BCUT2D eigenvalue weighted by atomic mass is 79.9. The maximum Gasteiger partial charge on any atom is 0.0391 e. The predicted molar refractivity (Wildman–Crippen MR) is 90.7 cm³/mol. The number of rotatable bonds is 3. The summed E-state index contributed by atoms with van der Waals surface area (Å²) in [7, 11) is 0. The first-order valence-corrected chi connectivity index (χ1v) is 9.20. The lowest BCUT2D eigenvalue weighted by Gasteiger charge is -2.35. The van der Waals surface area contributed by atoms with Crippen LogP contribution in [-0.4, -0.2) is 24.0 Å². The van der Waals surface area contributed by atoms with Gasteiger partial charge in [0.05, 0.1) is 0 Å². The van der Waals surface area contributed by atoms with Crippen LogP contribution < -0.4 is 5.73 Å². The summed E-state index contributed by atoms with van der Waals surface area (Å²) < 4.78 is 2.27. The minimum Gasteiger partial charge on any atom is -0.330 e. The summed E-state index contributed by atoms with van der Waals surface area (Å²) >= 11 is 7.22. The lowest BCUT2D eigenvalue weighted by atomic mass is 9.89. The number of likely N-dealkylation sites (tertiary alicyclic amines) is 1. The fourth-order valence-corrected chi connectivity index (χ4v) is 4.13. The van der Waals surface area contributed by atoms with Crippen LogP contribution in [0.3, 0.4) is 0 Å². The molecule has 2 N–H and O–H groups in total. The Hall–Kier alpha value is 0.1000. The van der Waals surface area contributed by atoms with E-state index in [-0.39, 0.29) is 0 Å². The van der Waals surface area contributed by atoms with Crippen LogP contribution in [0.5, 0.6) is 0 Å². The van der Waals surface area contributed by atoms with Crippen molar-refractivity contribution >= 4 is 31.9 Å². The van der Waals surface area contributed by atoms with Gasteiger partial charge in [-0.3, -0.25) is 4.90 Å². The standard InChI is InChI=1S/C16H22Br2N2/c17-14-7-4-11(9-15(14)18)16-12(10-19)3-1-2-8-20(16)13-5-6-13/h4,7,9,12-13,16H,1-3,5-6,8,10,19H2. The van der Waals surface area contributed by atoms with Gasteiger partial charge in [-0.1, -0.05) is 12.5 Å². The van der Waals surface area contributed by atoms with Gasteiger partial charge in [0.1, 0.15) is 0 Å². The van der Waals surface area contributed by atoms with Crippen LogP contribution in [0, 0.1) is 5.92 Å². The molecule has 3 rings (SSSR count). The number of nitrogens with two attached hydrogens (primary N) is 1. The maximum absolute atomic E-state index is 6.10. The van der Waals surface area contributed by atoms with Gasteiger partial charge in [-0.2, -0.15) is 0 Å². The lowest BCUT2D eigenvalue weighted by molar-refractivity contribution is 0.149. The summed E-state index contributed by atoms with van der Waals surface area (Å²) in [6.45, 7) is 2.03. The van der Waals surface area contributed by atoms with E-state index < -0.39 is 0 Å². The Balaban J connectivity index is 1.95. The smallest absolute Gasteiger partial charge is 0.0391 e. The second-order valence-corrected chi connectivity index (χ2v) is 7.79. The fraction of sp³-hybridized carbons (Fsp3) is 0.625. The zero-order chi connectivity index (χ0) is 14.1. The molecule has 1 heterocycles. The number of hydrogen-bond acceptors (Lipinski definition) is 2. The Kier molecular flexibility index (Phi) is 4.86. The molecular formula is C16H22Br2N2. The van der Waals surface area contributed by atoms with Crippen LogP contribution in [0.15, 0.2) is 27.1 Å². The van der Waals surface area contributed by atoms with Crippen LogP contribution in [-0.2, 0) is 0 Å². The number of halogens is 2. The van der Waals surface area contributed by atoms with Gasteiger partial charge >= 0.3 is 0 Å². The summed E-state index contributed by atoms with van der Waals surface area (Å²) in [6.07, 6.45) is 6.63. The molecule has 0 amide bonds. The molecule has 20 heavy (non-hydrogen) atoms. The van der Waals surface area contributed by atoms with Crippen molar-refractivity contribution in [2.75, 3.05) is 13.1 Å². The molecule has 0 aromatic heterocycles. The Labute approximate surface area is 138 Å². The van der Waals surface area contributed by atoms with Gasteiger partial charge in [0.25, 0.3) is 0 Å². The molecule has 2 unspecified atom stereocenters. The van der Waals surface area contributed by atoms with E-state index in [1.165, 1.54) is 44.2 Å². The van der Waals surface area contributed by atoms with Crippen molar-refractivity contribution in [2.45, 2.75) is 44.2 Å².